The van der Waals surface area contributed by atoms with Crippen molar-refractivity contribution in [2.24, 2.45) is 0 Å². The summed E-state index contributed by atoms with van der Waals surface area (Å²) in [7, 11) is -4.77. The Morgan fingerprint density at radius 2 is 1.61 bits per heavy atom. The van der Waals surface area contributed by atoms with Gasteiger partial charge in [0.2, 0.25) is 0 Å². The van der Waals surface area contributed by atoms with Gasteiger partial charge in [-0.1, -0.05) is 48.5 Å². The van der Waals surface area contributed by atoms with Crippen molar-refractivity contribution in [3.8, 4) is 6.07 Å². The van der Waals surface area contributed by atoms with Crippen LogP contribution in [0.15, 0.2) is 60.7 Å². The third-order valence-corrected chi connectivity index (χ3v) is 4.61. The molecule has 0 aliphatic carbocycles. The molecule has 0 spiro atoms. The summed E-state index contributed by atoms with van der Waals surface area (Å²) < 4.78 is 37.0. The molecule has 0 saturated carbocycles. The van der Waals surface area contributed by atoms with Crippen molar-refractivity contribution in [1.29, 1.82) is 5.26 Å². The molecule has 23 heavy (non-hydrogen) atoms. The summed E-state index contributed by atoms with van der Waals surface area (Å²) in [6.45, 7) is 0.286. The van der Waals surface area contributed by atoms with Crippen molar-refractivity contribution in [2.75, 3.05) is 18.0 Å². The van der Waals surface area contributed by atoms with Crippen LogP contribution in [0.2, 0.25) is 0 Å². The van der Waals surface area contributed by atoms with E-state index in [0.29, 0.717) is 12.1 Å². The van der Waals surface area contributed by atoms with Gasteiger partial charge in [-0.3, -0.25) is 0 Å². The molecule has 0 heterocycles. The van der Waals surface area contributed by atoms with Crippen LogP contribution in [0, 0.1) is 11.3 Å². The minimum atomic E-state index is -4.77. The topological polar surface area (TPSA) is 61.2 Å². The molecule has 2 rings (SSSR count). The predicted octanol–water partition coefficient (Wildman–Crippen LogP) is 3.45. The number of halogens is 1. The number of nitrogens with zero attached hydrogens (tertiary/aromatic N) is 2. The van der Waals surface area contributed by atoms with Gasteiger partial charge in [0.1, 0.15) is 5.25 Å². The lowest BCUT2D eigenvalue weighted by Gasteiger charge is -2.27. The number of para-hydroxylation sites is 1. The Hall–Kier alpha value is -2.39. The zero-order chi connectivity index (χ0) is 16.7. The molecule has 2 aromatic carbocycles. The van der Waals surface area contributed by atoms with Crippen LogP contribution >= 0.6 is 0 Å². The maximum atomic E-state index is 13.8. The molecule has 0 aliphatic heterocycles. The van der Waals surface area contributed by atoms with Crippen molar-refractivity contribution < 1.29 is 12.3 Å². The van der Waals surface area contributed by atoms with Crippen molar-refractivity contribution in [1.82, 2.24) is 0 Å². The molecular formula is C17H17FN2O2S. The highest BCUT2D eigenvalue weighted by molar-refractivity contribution is 7.86. The molecule has 0 N–H and O–H groups in total. The largest absolute Gasteiger partial charge is 0.369 e. The molecule has 0 radical (unpaired) electrons. The lowest BCUT2D eigenvalue weighted by Crippen LogP contribution is -2.31. The van der Waals surface area contributed by atoms with E-state index in [0.717, 1.165) is 5.69 Å². The second kappa shape index (κ2) is 7.75. The number of hydrogen-bond acceptors (Lipinski definition) is 4. The van der Waals surface area contributed by atoms with Gasteiger partial charge in [-0.2, -0.15) is 13.7 Å². The first-order valence-electron chi connectivity index (χ1n) is 7.17. The Labute approximate surface area is 136 Å². The van der Waals surface area contributed by atoms with Crippen LogP contribution in [-0.2, 0) is 10.2 Å². The molecule has 1 unspecified atom stereocenters. The highest BCUT2D eigenvalue weighted by Gasteiger charge is 2.29. The van der Waals surface area contributed by atoms with Gasteiger partial charge in [0.05, 0.1) is 12.5 Å². The summed E-state index contributed by atoms with van der Waals surface area (Å²) in [6, 6.07) is 19.4. The Balaban J connectivity index is 2.33. The van der Waals surface area contributed by atoms with Gasteiger partial charge in [-0.05, 0) is 17.7 Å². The molecule has 0 aliphatic rings. The third-order valence-electron chi connectivity index (χ3n) is 3.51. The summed E-state index contributed by atoms with van der Waals surface area (Å²) in [5.74, 6) is 0. The zero-order valence-corrected chi connectivity index (χ0v) is 13.3. The summed E-state index contributed by atoms with van der Waals surface area (Å²) in [6.07, 6.45) is 0.225. The molecule has 4 nitrogen and oxygen atoms in total. The van der Waals surface area contributed by atoms with Crippen LogP contribution in [-0.4, -0.2) is 21.5 Å². The second-order valence-corrected chi connectivity index (χ2v) is 6.58. The monoisotopic (exact) mass is 332 g/mol. The Morgan fingerprint density at radius 3 is 2.13 bits per heavy atom. The van der Waals surface area contributed by atoms with Crippen LogP contribution in [0.3, 0.4) is 0 Å². The normalized spacial score (nSPS) is 12.3. The molecule has 0 saturated heterocycles. The molecule has 0 aromatic heterocycles. The standard InChI is InChI=1S/C17H17FN2O2S/c18-23(21,22)17(15-8-3-1-4-9-15)14-20(13-7-12-19)16-10-5-2-6-11-16/h1-6,8-11,17H,7,13-14H2. The second-order valence-electron chi connectivity index (χ2n) is 5.06. The van der Waals surface area contributed by atoms with E-state index in [4.69, 9.17) is 5.26 Å². The van der Waals surface area contributed by atoms with E-state index < -0.39 is 15.5 Å². The Bertz CT molecular complexity index is 758. The van der Waals surface area contributed by atoms with Crippen LogP contribution in [0.1, 0.15) is 17.2 Å². The lowest BCUT2D eigenvalue weighted by atomic mass is 10.1. The number of benzene rings is 2. The van der Waals surface area contributed by atoms with Crippen LogP contribution in [0.5, 0.6) is 0 Å². The molecular weight excluding hydrogens is 315 g/mol. The maximum absolute atomic E-state index is 13.8. The summed E-state index contributed by atoms with van der Waals surface area (Å²) in [4.78, 5) is 1.72. The summed E-state index contributed by atoms with van der Waals surface area (Å²) in [5.41, 5.74) is 1.15. The Morgan fingerprint density at radius 1 is 1.04 bits per heavy atom. The quantitative estimate of drug-likeness (QED) is 0.729. The Kier molecular flexibility index (Phi) is 5.72. The average Bonchev–Trinajstić information content (AvgIpc) is 2.55. The minimum Gasteiger partial charge on any atom is -0.369 e. The van der Waals surface area contributed by atoms with E-state index in [1.165, 1.54) is 0 Å². The van der Waals surface area contributed by atoms with E-state index in [2.05, 4.69) is 0 Å². The van der Waals surface area contributed by atoms with E-state index in [1.54, 1.807) is 35.2 Å². The smallest absolute Gasteiger partial charge is 0.311 e. The van der Waals surface area contributed by atoms with Gasteiger partial charge < -0.3 is 4.90 Å². The molecule has 0 amide bonds. The van der Waals surface area contributed by atoms with Gasteiger partial charge in [-0.15, -0.1) is 3.89 Å². The van der Waals surface area contributed by atoms with Crippen LogP contribution in [0.25, 0.3) is 0 Å². The van der Waals surface area contributed by atoms with Crippen LogP contribution in [0.4, 0.5) is 9.57 Å². The molecule has 1 atom stereocenters. The number of rotatable bonds is 7. The third kappa shape index (κ3) is 4.80. The summed E-state index contributed by atoms with van der Waals surface area (Å²) in [5, 5.41) is 7.51. The van der Waals surface area contributed by atoms with Crippen molar-refractivity contribution in [3.05, 3.63) is 66.2 Å². The van der Waals surface area contributed by atoms with Crippen molar-refractivity contribution in [2.45, 2.75) is 11.7 Å². The highest BCUT2D eigenvalue weighted by Crippen LogP contribution is 2.27. The van der Waals surface area contributed by atoms with E-state index >= 15 is 0 Å². The number of hydrogen-bond donors (Lipinski definition) is 0. The van der Waals surface area contributed by atoms with Crippen molar-refractivity contribution in [3.63, 3.8) is 0 Å². The van der Waals surface area contributed by atoms with E-state index in [1.807, 2.05) is 36.4 Å². The highest BCUT2D eigenvalue weighted by atomic mass is 32.3. The molecule has 0 bridgehead atoms. The molecule has 6 heteroatoms. The zero-order valence-electron chi connectivity index (χ0n) is 12.5. The fourth-order valence-electron chi connectivity index (χ4n) is 2.37. The predicted molar refractivity (Wildman–Crippen MR) is 88.1 cm³/mol. The average molecular weight is 332 g/mol. The van der Waals surface area contributed by atoms with E-state index in [-0.39, 0.29) is 13.0 Å². The first-order chi connectivity index (χ1) is 11.0. The van der Waals surface area contributed by atoms with Gasteiger partial charge in [-0.25, -0.2) is 0 Å². The first kappa shape index (κ1) is 17.0. The van der Waals surface area contributed by atoms with Gasteiger partial charge in [0, 0.05) is 18.8 Å². The fourth-order valence-corrected chi connectivity index (χ4v) is 3.21. The van der Waals surface area contributed by atoms with Gasteiger partial charge in [0.25, 0.3) is 0 Å². The molecule has 2 aromatic rings. The summed E-state index contributed by atoms with van der Waals surface area (Å²) >= 11 is 0. The number of anilines is 1. The van der Waals surface area contributed by atoms with Crippen molar-refractivity contribution >= 4 is 15.9 Å². The van der Waals surface area contributed by atoms with Gasteiger partial charge >= 0.3 is 10.2 Å². The molecule has 120 valence electrons. The molecule has 0 fully saturated rings. The lowest BCUT2D eigenvalue weighted by molar-refractivity contribution is 0.533. The van der Waals surface area contributed by atoms with Gasteiger partial charge in [0.15, 0.2) is 0 Å². The van der Waals surface area contributed by atoms with Crippen LogP contribution < -0.4 is 4.90 Å². The number of nitriles is 1. The fraction of sp³-hybridized carbons (Fsp3) is 0.235. The SMILES string of the molecule is N#CCCN(CC(c1ccccc1)S(=O)(=O)F)c1ccccc1. The first-order valence-corrected chi connectivity index (χ1v) is 8.62. The van der Waals surface area contributed by atoms with E-state index in [9.17, 15) is 12.3 Å². The minimum absolute atomic E-state index is 0.0471. The maximum Gasteiger partial charge on any atom is 0.311 e.